The molecule has 178 valence electrons. The Morgan fingerprint density at radius 3 is 2.59 bits per heavy atom. The molecule has 4 aliphatic carbocycles. The Labute approximate surface area is 201 Å². The number of nitrogens with zero attached hydrogens (tertiary/aromatic N) is 1. The molecule has 0 saturated heterocycles. The van der Waals surface area contributed by atoms with Crippen LogP contribution in [0, 0.1) is 23.2 Å². The van der Waals surface area contributed by atoms with Crippen LogP contribution in [0.15, 0.2) is 46.8 Å². The molecule has 0 radical (unpaired) electrons. The SMILES string of the molecule is CC(=O)O[C@H]1CC[C@@]2(C)C(=CC[C@@H]3[C@@H]2CC[C@]2(C)c4[nH]c(=O)nc(-c5ccccc5)c4C[C@@H]32)C1. The number of carbonyl (C=O) groups is 1. The minimum Gasteiger partial charge on any atom is -0.462 e. The van der Waals surface area contributed by atoms with E-state index in [1.165, 1.54) is 24.5 Å². The molecule has 6 atom stereocenters. The second-order valence-corrected chi connectivity index (χ2v) is 11.5. The minimum absolute atomic E-state index is 0.0151. The summed E-state index contributed by atoms with van der Waals surface area (Å²) >= 11 is 0. The van der Waals surface area contributed by atoms with Crippen molar-refractivity contribution in [3.05, 3.63) is 63.7 Å². The molecule has 2 aromatic rings. The zero-order valence-corrected chi connectivity index (χ0v) is 20.4. The summed E-state index contributed by atoms with van der Waals surface area (Å²) in [4.78, 5) is 31.8. The third-order valence-corrected chi connectivity index (χ3v) is 9.86. The van der Waals surface area contributed by atoms with Gasteiger partial charge >= 0.3 is 11.7 Å². The van der Waals surface area contributed by atoms with Crippen LogP contribution in [0.1, 0.15) is 70.6 Å². The Morgan fingerprint density at radius 1 is 1.06 bits per heavy atom. The van der Waals surface area contributed by atoms with Gasteiger partial charge in [0.1, 0.15) is 6.10 Å². The Balaban J connectivity index is 1.36. The van der Waals surface area contributed by atoms with E-state index in [-0.39, 0.29) is 28.6 Å². The van der Waals surface area contributed by atoms with Gasteiger partial charge in [0.15, 0.2) is 0 Å². The summed E-state index contributed by atoms with van der Waals surface area (Å²) < 4.78 is 5.59. The first-order valence-electron chi connectivity index (χ1n) is 12.9. The van der Waals surface area contributed by atoms with E-state index in [4.69, 9.17) is 4.74 Å². The van der Waals surface area contributed by atoms with Crippen LogP contribution in [0.5, 0.6) is 0 Å². The van der Waals surface area contributed by atoms with E-state index in [1.54, 1.807) is 0 Å². The predicted octanol–water partition coefficient (Wildman–Crippen LogP) is 5.35. The van der Waals surface area contributed by atoms with Crippen LogP contribution in [-0.2, 0) is 21.4 Å². The van der Waals surface area contributed by atoms with E-state index in [9.17, 15) is 9.59 Å². The molecule has 0 aliphatic heterocycles. The molecule has 0 unspecified atom stereocenters. The quantitative estimate of drug-likeness (QED) is 0.487. The molecule has 2 saturated carbocycles. The van der Waals surface area contributed by atoms with Crippen molar-refractivity contribution in [3.8, 4) is 11.3 Å². The molecule has 1 N–H and O–H groups in total. The number of allylic oxidation sites excluding steroid dienone is 1. The maximum Gasteiger partial charge on any atom is 0.345 e. The van der Waals surface area contributed by atoms with Crippen molar-refractivity contribution < 1.29 is 9.53 Å². The lowest BCUT2D eigenvalue weighted by Gasteiger charge is -2.57. The first kappa shape index (κ1) is 21.8. The Bertz CT molecular complexity index is 1230. The molecule has 5 heteroatoms. The average molecular weight is 459 g/mol. The van der Waals surface area contributed by atoms with Crippen LogP contribution >= 0.6 is 0 Å². The normalized spacial score (nSPS) is 35.9. The fourth-order valence-electron chi connectivity index (χ4n) is 8.21. The number of carbonyl (C=O) groups excluding carboxylic acids is 1. The highest BCUT2D eigenvalue weighted by Crippen LogP contribution is 2.64. The summed E-state index contributed by atoms with van der Waals surface area (Å²) in [5, 5.41) is 0. The van der Waals surface area contributed by atoms with Gasteiger partial charge in [0.25, 0.3) is 0 Å². The molecule has 2 fully saturated rings. The average Bonchev–Trinajstić information content (AvgIpc) is 3.11. The molecular weight excluding hydrogens is 424 g/mol. The van der Waals surface area contributed by atoms with Crippen molar-refractivity contribution in [2.24, 2.45) is 23.2 Å². The van der Waals surface area contributed by atoms with Gasteiger partial charge in [-0.05, 0) is 67.3 Å². The lowest BCUT2D eigenvalue weighted by Crippen LogP contribution is -2.51. The Kier molecular flexibility index (Phi) is 4.91. The van der Waals surface area contributed by atoms with Crippen LogP contribution < -0.4 is 5.69 Å². The predicted molar refractivity (Wildman–Crippen MR) is 131 cm³/mol. The number of H-pyrrole nitrogens is 1. The summed E-state index contributed by atoms with van der Waals surface area (Å²) in [6, 6.07) is 10.2. The first-order chi connectivity index (χ1) is 16.3. The van der Waals surface area contributed by atoms with Crippen molar-refractivity contribution >= 4 is 5.97 Å². The van der Waals surface area contributed by atoms with Gasteiger partial charge < -0.3 is 9.72 Å². The van der Waals surface area contributed by atoms with Crippen LogP contribution in [0.4, 0.5) is 0 Å². The van der Waals surface area contributed by atoms with Gasteiger partial charge in [0, 0.05) is 30.0 Å². The Morgan fingerprint density at radius 2 is 1.82 bits per heavy atom. The fourth-order valence-corrected chi connectivity index (χ4v) is 8.21. The molecule has 4 aliphatic rings. The van der Waals surface area contributed by atoms with Gasteiger partial charge in [-0.3, -0.25) is 4.79 Å². The highest BCUT2D eigenvalue weighted by atomic mass is 16.5. The third-order valence-electron chi connectivity index (χ3n) is 9.86. The second kappa shape index (κ2) is 7.66. The number of esters is 1. The maximum absolute atomic E-state index is 12.7. The number of ether oxygens (including phenoxy) is 1. The number of benzene rings is 1. The number of nitrogens with one attached hydrogen (secondary N) is 1. The first-order valence-corrected chi connectivity index (χ1v) is 12.9. The molecule has 1 heterocycles. The molecule has 1 aromatic carbocycles. The van der Waals surface area contributed by atoms with E-state index in [1.807, 2.05) is 18.2 Å². The van der Waals surface area contributed by atoms with Gasteiger partial charge in [-0.1, -0.05) is 55.8 Å². The van der Waals surface area contributed by atoms with E-state index in [0.29, 0.717) is 17.8 Å². The molecule has 0 spiro atoms. The van der Waals surface area contributed by atoms with Crippen molar-refractivity contribution in [1.29, 1.82) is 0 Å². The smallest absolute Gasteiger partial charge is 0.345 e. The number of aromatic amines is 1. The van der Waals surface area contributed by atoms with Crippen molar-refractivity contribution in [2.45, 2.75) is 77.2 Å². The van der Waals surface area contributed by atoms with Crippen LogP contribution in [0.2, 0.25) is 0 Å². The second-order valence-electron chi connectivity index (χ2n) is 11.5. The van der Waals surface area contributed by atoms with Gasteiger partial charge in [0.2, 0.25) is 0 Å². The molecule has 5 nitrogen and oxygen atoms in total. The molecule has 34 heavy (non-hydrogen) atoms. The zero-order valence-electron chi connectivity index (χ0n) is 20.4. The highest BCUT2D eigenvalue weighted by Gasteiger charge is 2.58. The van der Waals surface area contributed by atoms with Crippen molar-refractivity contribution in [1.82, 2.24) is 9.97 Å². The summed E-state index contributed by atoms with van der Waals surface area (Å²) in [6.07, 6.45) is 9.76. The number of rotatable bonds is 2. The highest BCUT2D eigenvalue weighted by molar-refractivity contribution is 5.66. The maximum atomic E-state index is 12.7. The molecule has 1 aromatic heterocycles. The van der Waals surface area contributed by atoms with Crippen LogP contribution in [0.3, 0.4) is 0 Å². The monoisotopic (exact) mass is 458 g/mol. The van der Waals surface area contributed by atoms with Gasteiger partial charge in [-0.25, -0.2) is 4.79 Å². The number of aromatic nitrogens is 2. The zero-order chi connectivity index (χ0) is 23.7. The van der Waals surface area contributed by atoms with E-state index in [0.717, 1.165) is 55.5 Å². The summed E-state index contributed by atoms with van der Waals surface area (Å²) in [5.74, 6) is 1.57. The molecule has 0 bridgehead atoms. The number of hydrogen-bond donors (Lipinski definition) is 1. The van der Waals surface area contributed by atoms with Crippen molar-refractivity contribution in [2.75, 3.05) is 0 Å². The van der Waals surface area contributed by atoms with E-state index < -0.39 is 0 Å². The van der Waals surface area contributed by atoms with Gasteiger partial charge in [-0.2, -0.15) is 4.98 Å². The van der Waals surface area contributed by atoms with Crippen LogP contribution in [0.25, 0.3) is 11.3 Å². The number of fused-ring (bicyclic) bond motifs is 7. The lowest BCUT2D eigenvalue weighted by atomic mass is 9.48. The molecule has 6 rings (SSSR count). The largest absolute Gasteiger partial charge is 0.462 e. The topological polar surface area (TPSA) is 72.1 Å². The van der Waals surface area contributed by atoms with Crippen LogP contribution in [-0.4, -0.2) is 22.0 Å². The fraction of sp³-hybridized carbons (Fsp3) is 0.552. The Hall–Kier alpha value is -2.69. The molecular formula is C29H34N2O3. The van der Waals surface area contributed by atoms with E-state index in [2.05, 4.69) is 42.0 Å². The molecule has 0 amide bonds. The summed E-state index contributed by atoms with van der Waals surface area (Å²) in [6.45, 7) is 6.36. The number of hydrogen-bond acceptors (Lipinski definition) is 4. The summed E-state index contributed by atoms with van der Waals surface area (Å²) in [7, 11) is 0. The van der Waals surface area contributed by atoms with E-state index >= 15 is 0 Å². The lowest BCUT2D eigenvalue weighted by molar-refractivity contribution is -0.148. The van der Waals surface area contributed by atoms with Gasteiger partial charge in [0.05, 0.1) is 5.69 Å². The van der Waals surface area contributed by atoms with Crippen molar-refractivity contribution in [3.63, 3.8) is 0 Å². The standard InChI is InChI=1S/C29H34N2O3/c1-17(32)34-20-11-13-28(2)19(15-20)9-10-21-23(28)12-14-29(3)24(21)16-22-25(18-7-5-4-6-8-18)30-27(33)31-26(22)29/h4-9,20-21,23-24H,10-16H2,1-3H3,(H,30,31,33)/t20-,21+,23-,24-,28-,29-/m0/s1. The third kappa shape index (κ3) is 3.15. The minimum atomic E-state index is -0.233. The summed E-state index contributed by atoms with van der Waals surface area (Å²) in [5.41, 5.74) is 5.72. The van der Waals surface area contributed by atoms with Gasteiger partial charge in [-0.15, -0.1) is 0 Å².